The second-order valence-electron chi connectivity index (χ2n) is 11.3. The number of rotatable bonds is 6. The molecule has 1 aliphatic heterocycles. The molecular weight excluding hydrogens is 523 g/mol. The molecule has 2 aromatic heterocycles. The van der Waals surface area contributed by atoms with Crippen LogP contribution in [-0.2, 0) is 4.79 Å². The molecule has 0 radical (unpaired) electrons. The van der Waals surface area contributed by atoms with Gasteiger partial charge < -0.3 is 20.6 Å². The molecule has 9 nitrogen and oxygen atoms in total. The Hall–Kier alpha value is -3.41. The van der Waals surface area contributed by atoms with Crippen molar-refractivity contribution in [2.45, 2.75) is 82.4 Å². The van der Waals surface area contributed by atoms with Crippen molar-refractivity contribution in [2.24, 2.45) is 5.92 Å². The van der Waals surface area contributed by atoms with Gasteiger partial charge in [-0.2, -0.15) is 4.98 Å². The van der Waals surface area contributed by atoms with Gasteiger partial charge in [-0.05, 0) is 64.2 Å². The van der Waals surface area contributed by atoms with E-state index in [9.17, 15) is 23.1 Å². The molecule has 12 heteroatoms. The van der Waals surface area contributed by atoms with Crippen molar-refractivity contribution in [1.29, 1.82) is 0 Å². The van der Waals surface area contributed by atoms with Gasteiger partial charge >= 0.3 is 0 Å². The lowest BCUT2D eigenvalue weighted by Crippen LogP contribution is -2.37. The molecule has 40 heavy (non-hydrogen) atoms. The lowest BCUT2D eigenvalue weighted by atomic mass is 9.85. The highest BCUT2D eigenvalue weighted by Gasteiger charge is 2.31. The number of fused-ring (bicyclic) bond motifs is 1. The Morgan fingerprint density at radius 2 is 1.60 bits per heavy atom. The van der Waals surface area contributed by atoms with E-state index in [1.807, 2.05) is 9.47 Å². The minimum atomic E-state index is -1.07. The summed E-state index contributed by atoms with van der Waals surface area (Å²) in [6.45, 7) is 1.74. The Balaban J connectivity index is 1.23. The molecule has 6 rings (SSSR count). The standard InChI is InChI=1S/C28H34F3N7O2/c29-17-13-21(30)24(22(31)14-17)35-28-34-23-15-32-27(36-25(23)38(28)19-7-9-20(39)10-8-19)33-18-5-3-16(4-6-18)26(40)37-11-1-2-12-37/h13-16,18-20,39H,1-12H2,(H,34,35)(H,32,33,36). The quantitative estimate of drug-likeness (QED) is 0.389. The van der Waals surface area contributed by atoms with Crippen LogP contribution in [0.1, 0.15) is 70.3 Å². The number of amides is 1. The molecule has 0 spiro atoms. The molecule has 0 unspecified atom stereocenters. The van der Waals surface area contributed by atoms with E-state index < -0.39 is 29.2 Å². The maximum absolute atomic E-state index is 14.5. The van der Waals surface area contributed by atoms with Crippen LogP contribution < -0.4 is 10.6 Å². The van der Waals surface area contributed by atoms with Gasteiger partial charge in [0.15, 0.2) is 17.3 Å². The van der Waals surface area contributed by atoms with Gasteiger partial charge in [0, 0.05) is 43.2 Å². The molecule has 3 aliphatic rings. The molecular formula is C28H34F3N7O2. The van der Waals surface area contributed by atoms with Crippen LogP contribution in [0.4, 0.5) is 30.8 Å². The fourth-order valence-electron chi connectivity index (χ4n) is 6.35. The number of likely N-dealkylation sites (tertiary alicyclic amines) is 1. The number of anilines is 3. The molecule has 3 N–H and O–H groups in total. The van der Waals surface area contributed by atoms with Crippen molar-refractivity contribution in [3.8, 4) is 0 Å². The van der Waals surface area contributed by atoms with Gasteiger partial charge in [0.25, 0.3) is 0 Å². The summed E-state index contributed by atoms with van der Waals surface area (Å²) in [5, 5.41) is 16.2. The number of aromatic nitrogens is 4. The molecule has 3 fully saturated rings. The predicted octanol–water partition coefficient (Wildman–Crippen LogP) is 5.06. The average Bonchev–Trinajstić information content (AvgIpc) is 3.60. The van der Waals surface area contributed by atoms with E-state index in [4.69, 9.17) is 4.98 Å². The third-order valence-electron chi connectivity index (χ3n) is 8.54. The fourth-order valence-corrected chi connectivity index (χ4v) is 6.35. The first-order valence-corrected chi connectivity index (χ1v) is 14.3. The normalized spacial score (nSPS) is 25.4. The van der Waals surface area contributed by atoms with Gasteiger partial charge in [-0.3, -0.25) is 9.36 Å². The van der Waals surface area contributed by atoms with Crippen LogP contribution in [0.5, 0.6) is 0 Å². The first-order chi connectivity index (χ1) is 19.4. The predicted molar refractivity (Wildman–Crippen MR) is 144 cm³/mol. The van der Waals surface area contributed by atoms with Crippen molar-refractivity contribution in [1.82, 2.24) is 24.4 Å². The molecule has 1 amide bonds. The summed E-state index contributed by atoms with van der Waals surface area (Å²) in [5.41, 5.74) is 0.449. The van der Waals surface area contributed by atoms with E-state index in [-0.39, 0.29) is 29.9 Å². The van der Waals surface area contributed by atoms with Gasteiger partial charge in [-0.1, -0.05) is 0 Å². The maximum atomic E-state index is 14.5. The molecule has 0 atom stereocenters. The zero-order chi connectivity index (χ0) is 27.8. The number of hydrogen-bond acceptors (Lipinski definition) is 7. The largest absolute Gasteiger partial charge is 0.393 e. The molecule has 1 aromatic carbocycles. The third-order valence-corrected chi connectivity index (χ3v) is 8.54. The Morgan fingerprint density at radius 1 is 0.925 bits per heavy atom. The lowest BCUT2D eigenvalue weighted by molar-refractivity contribution is -0.135. The van der Waals surface area contributed by atoms with Gasteiger partial charge in [-0.15, -0.1) is 0 Å². The Labute approximate surface area is 230 Å². The molecule has 1 saturated heterocycles. The number of aliphatic hydroxyl groups is 1. The lowest BCUT2D eigenvalue weighted by Gasteiger charge is -2.31. The Kier molecular flexibility index (Phi) is 7.52. The molecule has 2 aliphatic carbocycles. The number of benzene rings is 1. The Bertz CT molecular complexity index is 1350. The van der Waals surface area contributed by atoms with Crippen LogP contribution in [0.3, 0.4) is 0 Å². The van der Waals surface area contributed by atoms with Gasteiger partial charge in [0.05, 0.1) is 12.3 Å². The summed E-state index contributed by atoms with van der Waals surface area (Å²) in [6.07, 6.45) is 9.10. The summed E-state index contributed by atoms with van der Waals surface area (Å²) >= 11 is 0. The number of halogens is 3. The number of carbonyl (C=O) groups is 1. The van der Waals surface area contributed by atoms with Crippen molar-refractivity contribution >= 4 is 34.7 Å². The van der Waals surface area contributed by atoms with Crippen LogP contribution >= 0.6 is 0 Å². The minimum Gasteiger partial charge on any atom is -0.393 e. The summed E-state index contributed by atoms with van der Waals surface area (Å²) < 4.78 is 44.3. The van der Waals surface area contributed by atoms with Crippen molar-refractivity contribution in [3.05, 3.63) is 35.8 Å². The highest BCUT2D eigenvalue weighted by atomic mass is 19.1. The first-order valence-electron chi connectivity index (χ1n) is 14.3. The van der Waals surface area contributed by atoms with Gasteiger partial charge in [0.2, 0.25) is 17.8 Å². The third kappa shape index (κ3) is 5.45. The Morgan fingerprint density at radius 3 is 2.27 bits per heavy atom. The van der Waals surface area contributed by atoms with Crippen LogP contribution in [0.2, 0.25) is 0 Å². The fraction of sp³-hybridized carbons (Fsp3) is 0.571. The number of nitrogens with one attached hydrogen (secondary N) is 2. The van der Waals surface area contributed by atoms with E-state index in [0.717, 1.165) is 51.6 Å². The summed E-state index contributed by atoms with van der Waals surface area (Å²) in [7, 11) is 0. The van der Waals surface area contributed by atoms with E-state index in [1.54, 1.807) is 6.20 Å². The van der Waals surface area contributed by atoms with Crippen LogP contribution in [0.15, 0.2) is 18.3 Å². The summed E-state index contributed by atoms with van der Waals surface area (Å²) in [5.74, 6) is -2.19. The van der Waals surface area contributed by atoms with Gasteiger partial charge in [0.1, 0.15) is 17.0 Å². The van der Waals surface area contributed by atoms with E-state index in [0.29, 0.717) is 54.9 Å². The molecule has 0 bridgehead atoms. The monoisotopic (exact) mass is 557 g/mol. The molecule has 3 heterocycles. The number of aliphatic hydroxyl groups excluding tert-OH is 1. The minimum absolute atomic E-state index is 0.0727. The topological polar surface area (TPSA) is 108 Å². The first kappa shape index (κ1) is 26.8. The summed E-state index contributed by atoms with van der Waals surface area (Å²) in [4.78, 5) is 28.5. The zero-order valence-corrected chi connectivity index (χ0v) is 22.3. The smallest absolute Gasteiger partial charge is 0.225 e. The van der Waals surface area contributed by atoms with Crippen LogP contribution in [0.25, 0.3) is 11.2 Å². The number of hydrogen-bond donors (Lipinski definition) is 3. The summed E-state index contributed by atoms with van der Waals surface area (Å²) in [6, 6.07) is 1.24. The highest BCUT2D eigenvalue weighted by Crippen LogP contribution is 2.36. The SMILES string of the molecule is O=C(C1CCC(Nc2ncc3nc(Nc4c(F)cc(F)cc4F)n(C4CCC(O)CC4)c3n2)CC1)N1CCCC1. The van der Waals surface area contributed by atoms with Crippen molar-refractivity contribution in [3.63, 3.8) is 0 Å². The average molecular weight is 558 g/mol. The number of nitrogens with zero attached hydrogens (tertiary/aromatic N) is 5. The van der Waals surface area contributed by atoms with E-state index in [2.05, 4.69) is 20.6 Å². The van der Waals surface area contributed by atoms with Crippen molar-refractivity contribution in [2.75, 3.05) is 23.7 Å². The van der Waals surface area contributed by atoms with E-state index in [1.165, 1.54) is 0 Å². The van der Waals surface area contributed by atoms with Crippen LogP contribution in [0, 0.1) is 23.4 Å². The maximum Gasteiger partial charge on any atom is 0.225 e. The number of carbonyl (C=O) groups excluding carboxylic acids is 1. The van der Waals surface area contributed by atoms with Gasteiger partial charge in [-0.25, -0.2) is 23.1 Å². The van der Waals surface area contributed by atoms with Crippen LogP contribution in [-0.4, -0.2) is 60.7 Å². The molecule has 3 aromatic rings. The second kappa shape index (κ2) is 11.2. The highest BCUT2D eigenvalue weighted by molar-refractivity contribution is 5.79. The zero-order valence-electron chi connectivity index (χ0n) is 22.3. The number of imidazole rings is 1. The van der Waals surface area contributed by atoms with Crippen molar-refractivity contribution < 1.29 is 23.1 Å². The second-order valence-corrected chi connectivity index (χ2v) is 11.3. The molecule has 2 saturated carbocycles. The van der Waals surface area contributed by atoms with E-state index >= 15 is 0 Å². The molecule has 214 valence electrons.